The first kappa shape index (κ1) is 19.8. The van der Waals surface area contributed by atoms with Gasteiger partial charge in [-0.3, -0.25) is 4.98 Å². The minimum atomic E-state index is 0.471. The molecule has 1 fully saturated rings. The van der Waals surface area contributed by atoms with Gasteiger partial charge in [0.05, 0.1) is 5.52 Å². The van der Waals surface area contributed by atoms with E-state index in [2.05, 4.69) is 15.6 Å². The summed E-state index contributed by atoms with van der Waals surface area (Å²) in [5.74, 6) is 0. The second-order valence-corrected chi connectivity index (χ2v) is 8.61. The zero-order valence-electron chi connectivity index (χ0n) is 15.4. The summed E-state index contributed by atoms with van der Waals surface area (Å²) >= 11 is 18.3. The third-order valence-electron chi connectivity index (χ3n) is 5.39. The highest BCUT2D eigenvalue weighted by molar-refractivity contribution is 6.35. The number of halogens is 3. The Labute approximate surface area is 180 Å². The van der Waals surface area contributed by atoms with Gasteiger partial charge in [0, 0.05) is 51.0 Å². The lowest BCUT2D eigenvalue weighted by molar-refractivity contribution is 0.353. The van der Waals surface area contributed by atoms with Gasteiger partial charge in [-0.05, 0) is 67.6 Å². The zero-order chi connectivity index (χ0) is 19.5. The van der Waals surface area contributed by atoms with Crippen molar-refractivity contribution in [3.05, 3.63) is 69.3 Å². The fraction of sp³-hybridized carbons (Fsp3) is 0.318. The van der Waals surface area contributed by atoms with Crippen LogP contribution in [0.2, 0.25) is 15.1 Å². The second-order valence-electron chi connectivity index (χ2n) is 7.33. The molecule has 4 rings (SSSR count). The molecule has 0 unspecified atom stereocenters. The van der Waals surface area contributed by atoms with Crippen LogP contribution < -0.4 is 10.6 Å². The number of fused-ring (bicyclic) bond motifs is 1. The van der Waals surface area contributed by atoms with Gasteiger partial charge in [-0.15, -0.1) is 0 Å². The standard InChI is InChI=1S/C22H22Cl3N3/c23-15-2-1-14(20(25)11-15)13-27-17-4-6-18(7-5-17)28-21-9-10-26-22-12-16(24)3-8-19(21)22/h1-3,8-12,17-18,27H,4-7,13H2,(H,26,28)/t17-,18+. The summed E-state index contributed by atoms with van der Waals surface area (Å²) in [4.78, 5) is 4.42. The molecule has 1 heterocycles. The summed E-state index contributed by atoms with van der Waals surface area (Å²) in [5, 5.41) is 10.6. The molecule has 0 amide bonds. The average Bonchev–Trinajstić information content (AvgIpc) is 2.68. The highest BCUT2D eigenvalue weighted by Crippen LogP contribution is 2.28. The molecule has 1 aliphatic rings. The van der Waals surface area contributed by atoms with Crippen LogP contribution in [-0.4, -0.2) is 17.1 Å². The van der Waals surface area contributed by atoms with Gasteiger partial charge in [0.2, 0.25) is 0 Å². The van der Waals surface area contributed by atoms with Crippen molar-refractivity contribution in [1.82, 2.24) is 10.3 Å². The Balaban J connectivity index is 1.32. The molecule has 1 aliphatic carbocycles. The molecular formula is C22H22Cl3N3. The number of hydrogen-bond donors (Lipinski definition) is 2. The molecule has 28 heavy (non-hydrogen) atoms. The molecule has 0 spiro atoms. The van der Waals surface area contributed by atoms with E-state index in [1.807, 2.05) is 42.6 Å². The van der Waals surface area contributed by atoms with Crippen LogP contribution in [0.15, 0.2) is 48.7 Å². The SMILES string of the molecule is Clc1ccc(CN[C@H]2CC[C@@H](Nc3ccnc4cc(Cl)ccc34)CC2)c(Cl)c1. The smallest absolute Gasteiger partial charge is 0.0737 e. The maximum atomic E-state index is 6.27. The molecule has 2 N–H and O–H groups in total. The number of pyridine rings is 1. The molecule has 2 aromatic carbocycles. The van der Waals surface area contributed by atoms with Crippen LogP contribution >= 0.6 is 34.8 Å². The number of nitrogens with zero attached hydrogens (tertiary/aromatic N) is 1. The van der Waals surface area contributed by atoms with Crippen molar-refractivity contribution in [3.63, 3.8) is 0 Å². The second kappa shape index (κ2) is 8.87. The van der Waals surface area contributed by atoms with Crippen LogP contribution in [0.3, 0.4) is 0 Å². The zero-order valence-corrected chi connectivity index (χ0v) is 17.7. The summed E-state index contributed by atoms with van der Waals surface area (Å²) in [6, 6.07) is 14.6. The molecule has 3 nitrogen and oxygen atoms in total. The number of rotatable bonds is 5. The van der Waals surface area contributed by atoms with Gasteiger partial charge in [-0.25, -0.2) is 0 Å². The van der Waals surface area contributed by atoms with Crippen molar-refractivity contribution in [1.29, 1.82) is 0 Å². The lowest BCUT2D eigenvalue weighted by atomic mass is 9.90. The van der Waals surface area contributed by atoms with Gasteiger partial charge in [0.25, 0.3) is 0 Å². The van der Waals surface area contributed by atoms with Crippen molar-refractivity contribution in [2.75, 3.05) is 5.32 Å². The summed E-state index contributed by atoms with van der Waals surface area (Å²) in [7, 11) is 0. The largest absolute Gasteiger partial charge is 0.382 e. The maximum absolute atomic E-state index is 6.27. The van der Waals surface area contributed by atoms with E-state index in [1.54, 1.807) is 6.07 Å². The number of nitrogens with one attached hydrogen (secondary N) is 2. The molecule has 3 aromatic rings. The Morgan fingerprint density at radius 2 is 1.57 bits per heavy atom. The van der Waals surface area contributed by atoms with Crippen molar-refractivity contribution in [2.45, 2.75) is 44.3 Å². The topological polar surface area (TPSA) is 37.0 Å². The van der Waals surface area contributed by atoms with Gasteiger partial charge < -0.3 is 10.6 Å². The Bertz CT molecular complexity index is 968. The highest BCUT2D eigenvalue weighted by Gasteiger charge is 2.21. The van der Waals surface area contributed by atoms with E-state index >= 15 is 0 Å². The number of aromatic nitrogens is 1. The van der Waals surface area contributed by atoms with Crippen molar-refractivity contribution < 1.29 is 0 Å². The molecule has 1 aromatic heterocycles. The molecule has 146 valence electrons. The van der Waals surface area contributed by atoms with E-state index in [-0.39, 0.29) is 0 Å². The summed E-state index contributed by atoms with van der Waals surface area (Å²) in [6.07, 6.45) is 6.37. The number of anilines is 1. The number of hydrogen-bond acceptors (Lipinski definition) is 3. The van der Waals surface area contributed by atoms with Gasteiger partial charge in [-0.2, -0.15) is 0 Å². The molecule has 0 atom stereocenters. The normalized spacial score (nSPS) is 19.7. The fourth-order valence-electron chi connectivity index (χ4n) is 3.83. The van der Waals surface area contributed by atoms with Crippen LogP contribution in [0.25, 0.3) is 10.9 Å². The van der Waals surface area contributed by atoms with E-state index in [9.17, 15) is 0 Å². The predicted molar refractivity (Wildman–Crippen MR) is 120 cm³/mol. The first-order valence-electron chi connectivity index (χ1n) is 9.56. The summed E-state index contributed by atoms with van der Waals surface area (Å²) in [6.45, 7) is 0.772. The molecule has 0 bridgehead atoms. The first-order valence-corrected chi connectivity index (χ1v) is 10.7. The quantitative estimate of drug-likeness (QED) is 0.468. The van der Waals surface area contributed by atoms with E-state index < -0.39 is 0 Å². The minimum Gasteiger partial charge on any atom is -0.382 e. The molecular weight excluding hydrogens is 413 g/mol. The Hall–Kier alpha value is -1.52. The highest BCUT2D eigenvalue weighted by atomic mass is 35.5. The van der Waals surface area contributed by atoms with Crippen LogP contribution in [0.5, 0.6) is 0 Å². The lowest BCUT2D eigenvalue weighted by Gasteiger charge is -2.30. The maximum Gasteiger partial charge on any atom is 0.0737 e. The molecule has 0 saturated heterocycles. The fourth-order valence-corrected chi connectivity index (χ4v) is 4.47. The molecule has 0 radical (unpaired) electrons. The van der Waals surface area contributed by atoms with E-state index in [4.69, 9.17) is 34.8 Å². The Morgan fingerprint density at radius 3 is 2.36 bits per heavy atom. The summed E-state index contributed by atoms with van der Waals surface area (Å²) < 4.78 is 0. The van der Waals surface area contributed by atoms with Crippen LogP contribution in [0, 0.1) is 0 Å². The third-order valence-corrected chi connectivity index (χ3v) is 6.21. The molecule has 1 saturated carbocycles. The van der Waals surface area contributed by atoms with Gasteiger partial charge >= 0.3 is 0 Å². The lowest BCUT2D eigenvalue weighted by Crippen LogP contribution is -2.36. The minimum absolute atomic E-state index is 0.471. The third kappa shape index (κ3) is 4.72. The van der Waals surface area contributed by atoms with E-state index in [1.165, 1.54) is 0 Å². The average molecular weight is 435 g/mol. The number of benzene rings is 2. The van der Waals surface area contributed by atoms with Gasteiger partial charge in [0.15, 0.2) is 0 Å². The molecule has 0 aliphatic heterocycles. The van der Waals surface area contributed by atoms with Crippen LogP contribution in [-0.2, 0) is 6.54 Å². The van der Waals surface area contributed by atoms with Crippen molar-refractivity contribution >= 4 is 51.4 Å². The van der Waals surface area contributed by atoms with Crippen molar-refractivity contribution in [2.24, 2.45) is 0 Å². The Kier molecular flexibility index (Phi) is 6.27. The van der Waals surface area contributed by atoms with Crippen LogP contribution in [0.4, 0.5) is 5.69 Å². The van der Waals surface area contributed by atoms with E-state index in [0.717, 1.165) is 59.4 Å². The van der Waals surface area contributed by atoms with Crippen LogP contribution in [0.1, 0.15) is 31.2 Å². The van der Waals surface area contributed by atoms with Gasteiger partial charge in [-0.1, -0.05) is 40.9 Å². The monoisotopic (exact) mass is 433 g/mol. The summed E-state index contributed by atoms with van der Waals surface area (Å²) in [5.41, 5.74) is 3.15. The Morgan fingerprint density at radius 1 is 0.857 bits per heavy atom. The predicted octanol–water partition coefficient (Wildman–Crippen LogP) is 6.71. The van der Waals surface area contributed by atoms with Crippen molar-refractivity contribution in [3.8, 4) is 0 Å². The van der Waals surface area contributed by atoms with Gasteiger partial charge in [0.1, 0.15) is 0 Å². The first-order chi connectivity index (χ1) is 13.6. The van der Waals surface area contributed by atoms with E-state index in [0.29, 0.717) is 22.1 Å². The molecule has 6 heteroatoms.